The fourth-order valence-corrected chi connectivity index (χ4v) is 2.60. The molecule has 112 valence electrons. The van der Waals surface area contributed by atoms with E-state index < -0.39 is 9.84 Å². The predicted octanol–water partition coefficient (Wildman–Crippen LogP) is 1.46. The molecule has 0 aliphatic rings. The minimum absolute atomic E-state index is 0.116. The second-order valence-corrected chi connectivity index (χ2v) is 6.80. The highest BCUT2D eigenvalue weighted by Gasteiger charge is 2.15. The molecule has 0 aliphatic carbocycles. The average molecular weight is 320 g/mol. The number of carbonyl (C=O) groups is 1. The lowest BCUT2D eigenvalue weighted by atomic mass is 10.2. The highest BCUT2D eigenvalue weighted by Crippen LogP contribution is 2.11. The van der Waals surface area contributed by atoms with Crippen molar-refractivity contribution in [3.8, 4) is 0 Å². The number of ether oxygens (including phenoxy) is 1. The standard InChI is InChI=1S/C13H18ClNO4S/c1-19-9-11(6-7-14)15-13(16)10-4-3-5-12(8-10)20(2,17)18/h3-5,8,11H,6-7,9H2,1-2H3,(H,15,16). The van der Waals surface area contributed by atoms with Crippen LogP contribution in [-0.4, -0.2) is 46.2 Å². The molecule has 1 rings (SSSR count). The van der Waals surface area contributed by atoms with E-state index >= 15 is 0 Å². The molecule has 0 spiro atoms. The molecule has 0 radical (unpaired) electrons. The van der Waals surface area contributed by atoms with Crippen LogP contribution in [0.3, 0.4) is 0 Å². The van der Waals surface area contributed by atoms with Gasteiger partial charge in [-0.2, -0.15) is 0 Å². The molecule has 0 bridgehead atoms. The molecule has 7 heteroatoms. The zero-order valence-corrected chi connectivity index (χ0v) is 13.0. The Labute approximate surface area is 124 Å². The van der Waals surface area contributed by atoms with Gasteiger partial charge in [0, 0.05) is 24.8 Å². The molecule has 1 amide bonds. The Balaban J connectivity index is 2.86. The fraction of sp³-hybridized carbons (Fsp3) is 0.462. The van der Waals surface area contributed by atoms with E-state index in [1.54, 1.807) is 6.07 Å². The third kappa shape index (κ3) is 5.11. The lowest BCUT2D eigenvalue weighted by molar-refractivity contribution is 0.0895. The Hall–Kier alpha value is -1.11. The number of nitrogens with one attached hydrogen (secondary N) is 1. The molecule has 0 fully saturated rings. The second-order valence-electron chi connectivity index (χ2n) is 4.40. The largest absolute Gasteiger partial charge is 0.383 e. The molecule has 1 aromatic rings. The molecule has 5 nitrogen and oxygen atoms in total. The number of carbonyl (C=O) groups excluding carboxylic acids is 1. The van der Waals surface area contributed by atoms with E-state index in [2.05, 4.69) is 5.32 Å². The molecule has 0 heterocycles. The van der Waals surface area contributed by atoms with Crippen LogP contribution < -0.4 is 5.32 Å². The number of sulfone groups is 1. The number of amides is 1. The summed E-state index contributed by atoms with van der Waals surface area (Å²) in [6.45, 7) is 0.351. The second kappa shape index (κ2) is 7.61. The normalized spacial score (nSPS) is 12.9. The van der Waals surface area contributed by atoms with Gasteiger partial charge in [0.2, 0.25) is 0 Å². The van der Waals surface area contributed by atoms with E-state index in [4.69, 9.17) is 16.3 Å². The molecule has 1 atom stereocenters. The third-order valence-corrected chi connectivity index (χ3v) is 4.01. The minimum atomic E-state index is -3.33. The zero-order chi connectivity index (χ0) is 15.2. The number of hydrogen-bond acceptors (Lipinski definition) is 4. The van der Waals surface area contributed by atoms with E-state index in [9.17, 15) is 13.2 Å². The smallest absolute Gasteiger partial charge is 0.251 e. The van der Waals surface area contributed by atoms with Gasteiger partial charge < -0.3 is 10.1 Å². The van der Waals surface area contributed by atoms with Gasteiger partial charge in [-0.25, -0.2) is 8.42 Å². The van der Waals surface area contributed by atoms with Gasteiger partial charge in [-0.05, 0) is 24.6 Å². The van der Waals surface area contributed by atoms with Crippen molar-refractivity contribution in [2.45, 2.75) is 17.4 Å². The molecule has 20 heavy (non-hydrogen) atoms. The molecule has 1 N–H and O–H groups in total. The monoisotopic (exact) mass is 319 g/mol. The Morgan fingerprint density at radius 1 is 1.45 bits per heavy atom. The number of halogens is 1. The predicted molar refractivity (Wildman–Crippen MR) is 78.0 cm³/mol. The SMILES string of the molecule is COCC(CCCl)NC(=O)c1cccc(S(C)(=O)=O)c1. The van der Waals surface area contributed by atoms with E-state index in [0.29, 0.717) is 24.5 Å². The summed E-state index contributed by atoms with van der Waals surface area (Å²) in [5, 5.41) is 2.77. The number of benzene rings is 1. The minimum Gasteiger partial charge on any atom is -0.383 e. The Morgan fingerprint density at radius 2 is 2.15 bits per heavy atom. The van der Waals surface area contributed by atoms with Gasteiger partial charge in [-0.15, -0.1) is 11.6 Å². The van der Waals surface area contributed by atoms with Crippen molar-refractivity contribution in [2.75, 3.05) is 25.9 Å². The van der Waals surface area contributed by atoms with Crippen LogP contribution in [0.4, 0.5) is 0 Å². The molecule has 1 aromatic carbocycles. The summed E-state index contributed by atoms with van der Waals surface area (Å²) in [6, 6.07) is 5.71. The van der Waals surface area contributed by atoms with Crippen molar-refractivity contribution in [1.82, 2.24) is 5.32 Å². The number of rotatable bonds is 7. The van der Waals surface area contributed by atoms with E-state index in [1.165, 1.54) is 25.3 Å². The Morgan fingerprint density at radius 3 is 2.70 bits per heavy atom. The molecule has 0 saturated heterocycles. The van der Waals surface area contributed by atoms with Crippen LogP contribution in [0.2, 0.25) is 0 Å². The van der Waals surface area contributed by atoms with Crippen molar-refractivity contribution in [1.29, 1.82) is 0 Å². The average Bonchev–Trinajstić information content (AvgIpc) is 2.38. The van der Waals surface area contributed by atoms with E-state index in [0.717, 1.165) is 6.26 Å². The summed E-state index contributed by atoms with van der Waals surface area (Å²) in [4.78, 5) is 12.2. The lowest BCUT2D eigenvalue weighted by Crippen LogP contribution is -2.38. The summed E-state index contributed by atoms with van der Waals surface area (Å²) in [6.07, 6.45) is 1.68. The first kappa shape index (κ1) is 16.9. The number of methoxy groups -OCH3 is 1. The van der Waals surface area contributed by atoms with Crippen LogP contribution in [0.1, 0.15) is 16.8 Å². The van der Waals surface area contributed by atoms with Crippen LogP contribution in [-0.2, 0) is 14.6 Å². The number of alkyl halides is 1. The van der Waals surface area contributed by atoms with Gasteiger partial charge in [0.15, 0.2) is 9.84 Å². The quantitative estimate of drug-likeness (QED) is 0.772. The first-order valence-corrected chi connectivity index (χ1v) is 8.47. The van der Waals surface area contributed by atoms with Crippen LogP contribution in [0.25, 0.3) is 0 Å². The Kier molecular flexibility index (Phi) is 6.45. The third-order valence-electron chi connectivity index (χ3n) is 2.69. The highest BCUT2D eigenvalue weighted by atomic mass is 35.5. The summed E-state index contributed by atoms with van der Waals surface area (Å²) >= 11 is 5.66. The fourth-order valence-electron chi connectivity index (χ4n) is 1.67. The summed E-state index contributed by atoms with van der Waals surface area (Å²) < 4.78 is 27.9. The van der Waals surface area contributed by atoms with Gasteiger partial charge in [-0.3, -0.25) is 4.79 Å². The van der Waals surface area contributed by atoms with Crippen LogP contribution >= 0.6 is 11.6 Å². The summed E-state index contributed by atoms with van der Waals surface area (Å²) in [5.41, 5.74) is 0.295. The Bertz CT molecular complexity index is 553. The maximum Gasteiger partial charge on any atom is 0.251 e. The first-order valence-electron chi connectivity index (χ1n) is 6.04. The molecule has 0 aromatic heterocycles. The van der Waals surface area contributed by atoms with Gasteiger partial charge in [0.25, 0.3) is 5.91 Å². The zero-order valence-electron chi connectivity index (χ0n) is 11.4. The van der Waals surface area contributed by atoms with Crippen molar-refractivity contribution in [3.63, 3.8) is 0 Å². The summed E-state index contributed by atoms with van der Waals surface area (Å²) in [5.74, 6) is 0.0557. The van der Waals surface area contributed by atoms with Crippen LogP contribution in [0, 0.1) is 0 Å². The maximum absolute atomic E-state index is 12.1. The van der Waals surface area contributed by atoms with Gasteiger partial charge >= 0.3 is 0 Å². The van der Waals surface area contributed by atoms with Crippen LogP contribution in [0.15, 0.2) is 29.2 Å². The first-order chi connectivity index (χ1) is 9.38. The van der Waals surface area contributed by atoms with Crippen molar-refractivity contribution < 1.29 is 17.9 Å². The van der Waals surface area contributed by atoms with Crippen molar-refractivity contribution in [2.24, 2.45) is 0 Å². The van der Waals surface area contributed by atoms with Gasteiger partial charge in [0.1, 0.15) is 0 Å². The van der Waals surface area contributed by atoms with Gasteiger partial charge in [0.05, 0.1) is 17.5 Å². The molecular formula is C13H18ClNO4S. The van der Waals surface area contributed by atoms with Gasteiger partial charge in [-0.1, -0.05) is 6.07 Å². The maximum atomic E-state index is 12.1. The van der Waals surface area contributed by atoms with Crippen molar-refractivity contribution >= 4 is 27.3 Å². The summed E-state index contributed by atoms with van der Waals surface area (Å²) in [7, 11) is -1.79. The van der Waals surface area contributed by atoms with E-state index in [-0.39, 0.29) is 16.8 Å². The van der Waals surface area contributed by atoms with Crippen molar-refractivity contribution in [3.05, 3.63) is 29.8 Å². The topological polar surface area (TPSA) is 72.5 Å². The molecule has 1 unspecified atom stereocenters. The lowest BCUT2D eigenvalue weighted by Gasteiger charge is -2.16. The number of hydrogen-bond donors (Lipinski definition) is 1. The van der Waals surface area contributed by atoms with Crippen LogP contribution in [0.5, 0.6) is 0 Å². The molecule has 0 aliphatic heterocycles. The molecular weight excluding hydrogens is 302 g/mol. The highest BCUT2D eigenvalue weighted by molar-refractivity contribution is 7.90. The van der Waals surface area contributed by atoms with E-state index in [1.807, 2.05) is 0 Å². The molecule has 0 saturated carbocycles.